The Balaban J connectivity index is 1.45. The molecule has 194 valence electrons. The molecule has 11 heteroatoms. The van der Waals surface area contributed by atoms with E-state index in [0.29, 0.717) is 43.1 Å². The number of carbonyl (C=O) groups is 1. The number of sulfone groups is 1. The summed E-state index contributed by atoms with van der Waals surface area (Å²) >= 11 is 6.38. The molecule has 4 heterocycles. The SMILES string of the molecule is O=C(c1nn(-c2ccc(CN3CCOCC3)cc2)c2c1CS(=O)(=O)c1c(Cl)cccc1-2)N1CCOCC1. The second-order valence-corrected chi connectivity index (χ2v) is 11.8. The van der Waals surface area contributed by atoms with Crippen LogP contribution in [0, 0.1) is 0 Å². The van der Waals surface area contributed by atoms with Gasteiger partial charge in [0.25, 0.3) is 5.91 Å². The van der Waals surface area contributed by atoms with E-state index in [-0.39, 0.29) is 27.3 Å². The number of fused-ring (bicyclic) bond motifs is 3. The standard InChI is InChI=1S/C26H27ClN4O5S/c27-22-3-1-2-20-24-21(17-37(33,34)25(20)22)23(26(32)30-10-14-36-15-11-30)28-31(24)19-6-4-18(5-7-19)16-29-8-12-35-13-9-29/h1-7H,8-17H2. The maximum absolute atomic E-state index is 13.5. The maximum Gasteiger partial charge on any atom is 0.274 e. The molecule has 1 aromatic heterocycles. The molecule has 2 fully saturated rings. The van der Waals surface area contributed by atoms with E-state index in [4.69, 9.17) is 26.2 Å². The highest BCUT2D eigenvalue weighted by Crippen LogP contribution is 2.43. The lowest BCUT2D eigenvalue weighted by Gasteiger charge is -2.26. The fourth-order valence-corrected chi connectivity index (χ4v) is 7.36. The topological polar surface area (TPSA) is 94.0 Å². The molecule has 3 aliphatic rings. The van der Waals surface area contributed by atoms with E-state index in [9.17, 15) is 13.2 Å². The summed E-state index contributed by atoms with van der Waals surface area (Å²) in [5, 5.41) is 4.89. The molecule has 9 nitrogen and oxygen atoms in total. The molecule has 6 rings (SSSR count). The van der Waals surface area contributed by atoms with Crippen molar-refractivity contribution in [3.63, 3.8) is 0 Å². The predicted molar refractivity (Wildman–Crippen MR) is 138 cm³/mol. The van der Waals surface area contributed by atoms with Crippen molar-refractivity contribution in [3.05, 3.63) is 64.3 Å². The zero-order valence-electron chi connectivity index (χ0n) is 20.2. The second kappa shape index (κ2) is 9.85. The highest BCUT2D eigenvalue weighted by molar-refractivity contribution is 7.91. The number of rotatable bonds is 4. The minimum absolute atomic E-state index is 0.0830. The minimum Gasteiger partial charge on any atom is -0.379 e. The van der Waals surface area contributed by atoms with E-state index < -0.39 is 9.84 Å². The van der Waals surface area contributed by atoms with Crippen molar-refractivity contribution in [2.75, 3.05) is 52.6 Å². The lowest BCUT2D eigenvalue weighted by atomic mass is 10.0. The molecule has 0 unspecified atom stereocenters. The van der Waals surface area contributed by atoms with Gasteiger partial charge in [-0.05, 0) is 23.8 Å². The van der Waals surface area contributed by atoms with Gasteiger partial charge in [-0.1, -0.05) is 35.9 Å². The number of aromatic nitrogens is 2. The van der Waals surface area contributed by atoms with Crippen LogP contribution in [0.2, 0.25) is 5.02 Å². The van der Waals surface area contributed by atoms with Crippen LogP contribution in [0.4, 0.5) is 0 Å². The molecule has 2 aromatic carbocycles. The predicted octanol–water partition coefficient (Wildman–Crippen LogP) is 2.78. The lowest BCUT2D eigenvalue weighted by molar-refractivity contribution is 0.0298. The van der Waals surface area contributed by atoms with Crippen molar-refractivity contribution < 1.29 is 22.7 Å². The number of nitrogens with zero attached hydrogens (tertiary/aromatic N) is 4. The minimum atomic E-state index is -3.76. The van der Waals surface area contributed by atoms with Crippen molar-refractivity contribution in [1.82, 2.24) is 19.6 Å². The van der Waals surface area contributed by atoms with Gasteiger partial charge in [-0.15, -0.1) is 0 Å². The molecule has 0 radical (unpaired) electrons. The zero-order chi connectivity index (χ0) is 25.6. The van der Waals surface area contributed by atoms with E-state index in [2.05, 4.69) is 4.90 Å². The molecule has 3 aliphatic heterocycles. The molecule has 0 saturated carbocycles. The van der Waals surface area contributed by atoms with E-state index >= 15 is 0 Å². The summed E-state index contributed by atoms with van der Waals surface area (Å²) in [5.74, 6) is -0.623. The number of halogens is 1. The van der Waals surface area contributed by atoms with E-state index in [0.717, 1.165) is 44.1 Å². The second-order valence-electron chi connectivity index (χ2n) is 9.42. The largest absolute Gasteiger partial charge is 0.379 e. The molecule has 2 saturated heterocycles. The first-order valence-corrected chi connectivity index (χ1v) is 14.4. The summed E-state index contributed by atoms with van der Waals surface area (Å²) in [5.41, 5.74) is 3.51. The van der Waals surface area contributed by atoms with Crippen molar-refractivity contribution in [3.8, 4) is 16.9 Å². The van der Waals surface area contributed by atoms with Crippen LogP contribution in [0.25, 0.3) is 16.9 Å². The highest BCUT2D eigenvalue weighted by atomic mass is 35.5. The third-order valence-electron chi connectivity index (χ3n) is 7.04. The number of morpholine rings is 2. The monoisotopic (exact) mass is 542 g/mol. The van der Waals surface area contributed by atoms with Gasteiger partial charge in [0.2, 0.25) is 0 Å². The van der Waals surface area contributed by atoms with E-state index in [1.807, 2.05) is 24.3 Å². The summed E-state index contributed by atoms with van der Waals surface area (Å²) < 4.78 is 39.1. The number of amides is 1. The lowest BCUT2D eigenvalue weighted by Crippen LogP contribution is -2.41. The molecule has 37 heavy (non-hydrogen) atoms. The van der Waals surface area contributed by atoms with Crippen LogP contribution in [0.5, 0.6) is 0 Å². The van der Waals surface area contributed by atoms with Crippen LogP contribution >= 0.6 is 11.6 Å². The molecule has 0 N–H and O–H groups in total. The molecule has 0 atom stereocenters. The first-order chi connectivity index (χ1) is 17.9. The van der Waals surface area contributed by atoms with Gasteiger partial charge < -0.3 is 14.4 Å². The summed E-state index contributed by atoms with van der Waals surface area (Å²) in [6.45, 7) is 5.84. The molecule has 0 spiro atoms. The molecule has 0 aliphatic carbocycles. The summed E-state index contributed by atoms with van der Waals surface area (Å²) in [4.78, 5) is 17.6. The Morgan fingerprint density at radius 2 is 1.62 bits per heavy atom. The van der Waals surface area contributed by atoms with Crippen LogP contribution in [-0.2, 0) is 31.6 Å². The first-order valence-electron chi connectivity index (χ1n) is 12.3. The van der Waals surface area contributed by atoms with Gasteiger partial charge in [0.15, 0.2) is 15.5 Å². The first kappa shape index (κ1) is 24.6. The summed E-state index contributed by atoms with van der Waals surface area (Å²) in [6.07, 6.45) is 0. The number of ether oxygens (including phenoxy) is 2. The Morgan fingerprint density at radius 3 is 2.32 bits per heavy atom. The fraction of sp³-hybridized carbons (Fsp3) is 0.385. The van der Waals surface area contributed by atoms with Gasteiger partial charge in [0, 0.05) is 43.9 Å². The summed E-state index contributed by atoms with van der Waals surface area (Å²) in [7, 11) is -3.76. The number of hydrogen-bond acceptors (Lipinski definition) is 7. The molecule has 0 bridgehead atoms. The van der Waals surface area contributed by atoms with Crippen LogP contribution in [-0.4, -0.2) is 86.5 Å². The Labute approximate surface area is 220 Å². The molecule has 1 amide bonds. The van der Waals surface area contributed by atoms with Gasteiger partial charge in [0.05, 0.1) is 53.5 Å². The zero-order valence-corrected chi connectivity index (χ0v) is 21.8. The van der Waals surface area contributed by atoms with Gasteiger partial charge in [-0.25, -0.2) is 13.1 Å². The molecular weight excluding hydrogens is 516 g/mol. The number of hydrogen-bond donors (Lipinski definition) is 0. The summed E-state index contributed by atoms with van der Waals surface area (Å²) in [6, 6.07) is 13.0. The van der Waals surface area contributed by atoms with Crippen molar-refractivity contribution in [2.24, 2.45) is 0 Å². The van der Waals surface area contributed by atoms with Crippen LogP contribution in [0.1, 0.15) is 21.6 Å². The van der Waals surface area contributed by atoms with Gasteiger partial charge >= 0.3 is 0 Å². The Morgan fingerprint density at radius 1 is 0.946 bits per heavy atom. The maximum atomic E-state index is 13.5. The number of carbonyl (C=O) groups excluding carboxylic acids is 1. The van der Waals surface area contributed by atoms with Gasteiger partial charge in [-0.2, -0.15) is 5.10 Å². The Bertz CT molecular complexity index is 1440. The smallest absolute Gasteiger partial charge is 0.274 e. The van der Waals surface area contributed by atoms with Crippen molar-refractivity contribution in [2.45, 2.75) is 17.2 Å². The molecule has 3 aromatic rings. The highest BCUT2D eigenvalue weighted by Gasteiger charge is 2.38. The third-order valence-corrected chi connectivity index (χ3v) is 9.20. The van der Waals surface area contributed by atoms with E-state index in [1.54, 1.807) is 27.8 Å². The van der Waals surface area contributed by atoms with Crippen molar-refractivity contribution >= 4 is 27.3 Å². The van der Waals surface area contributed by atoms with Crippen LogP contribution < -0.4 is 0 Å². The average molecular weight is 543 g/mol. The average Bonchev–Trinajstić information content (AvgIpc) is 3.28. The fourth-order valence-electron chi connectivity index (χ4n) is 5.17. The Hall–Kier alpha value is -2.76. The van der Waals surface area contributed by atoms with Crippen LogP contribution in [0.3, 0.4) is 0 Å². The molecular formula is C26H27ClN4O5S. The third kappa shape index (κ3) is 4.57. The normalized spacial score (nSPS) is 19.3. The van der Waals surface area contributed by atoms with Crippen molar-refractivity contribution in [1.29, 1.82) is 0 Å². The van der Waals surface area contributed by atoms with E-state index in [1.165, 1.54) is 0 Å². The Kier molecular flexibility index (Phi) is 6.54. The number of benzene rings is 2. The van der Waals surface area contributed by atoms with Gasteiger partial charge in [0.1, 0.15) is 0 Å². The quantitative estimate of drug-likeness (QED) is 0.500. The van der Waals surface area contributed by atoms with Crippen LogP contribution in [0.15, 0.2) is 47.4 Å². The van der Waals surface area contributed by atoms with Gasteiger partial charge in [-0.3, -0.25) is 9.69 Å².